The van der Waals surface area contributed by atoms with Crippen LogP contribution >= 0.6 is 0 Å². The van der Waals surface area contributed by atoms with Crippen molar-refractivity contribution in [1.82, 2.24) is 15.1 Å². The zero-order valence-corrected chi connectivity index (χ0v) is 8.57. The van der Waals surface area contributed by atoms with E-state index in [0.29, 0.717) is 17.1 Å². The van der Waals surface area contributed by atoms with E-state index in [0.717, 1.165) is 0 Å². The fourth-order valence-corrected chi connectivity index (χ4v) is 1.18. The van der Waals surface area contributed by atoms with Crippen LogP contribution in [-0.4, -0.2) is 21.7 Å². The number of hydrogen-bond acceptors (Lipinski definition) is 4. The molecule has 0 bridgehead atoms. The molecule has 1 heterocycles. The molecule has 1 aromatic heterocycles. The summed E-state index contributed by atoms with van der Waals surface area (Å²) in [6, 6.07) is -0.880. The molecule has 1 rings (SSSR count). The van der Waals surface area contributed by atoms with E-state index in [1.165, 1.54) is 4.68 Å². The largest absolute Gasteiger partial charge is 0.396 e. The first-order chi connectivity index (χ1) is 6.91. The van der Waals surface area contributed by atoms with E-state index >= 15 is 0 Å². The number of carbonyl (C=O) groups is 2. The van der Waals surface area contributed by atoms with Crippen molar-refractivity contribution < 1.29 is 9.59 Å². The SMILES string of the molecule is Cc1nn(CC(=O)NC(N)=O)c(C)c1N. The Kier molecular flexibility index (Phi) is 2.93. The molecule has 82 valence electrons. The number of rotatable bonds is 2. The number of aryl methyl sites for hydroxylation is 1. The van der Waals surface area contributed by atoms with E-state index in [4.69, 9.17) is 11.5 Å². The Morgan fingerprint density at radius 3 is 2.47 bits per heavy atom. The van der Waals surface area contributed by atoms with E-state index in [-0.39, 0.29) is 6.54 Å². The van der Waals surface area contributed by atoms with Crippen LogP contribution in [-0.2, 0) is 11.3 Å². The monoisotopic (exact) mass is 211 g/mol. The van der Waals surface area contributed by atoms with Gasteiger partial charge >= 0.3 is 6.03 Å². The molecule has 7 heteroatoms. The van der Waals surface area contributed by atoms with E-state index in [9.17, 15) is 9.59 Å². The van der Waals surface area contributed by atoms with Crippen LogP contribution in [0.3, 0.4) is 0 Å². The molecule has 0 aromatic carbocycles. The summed E-state index contributed by atoms with van der Waals surface area (Å²) in [7, 11) is 0. The second-order valence-electron chi connectivity index (χ2n) is 3.15. The third-order valence-electron chi connectivity index (χ3n) is 1.99. The number of nitrogens with two attached hydrogens (primary N) is 2. The lowest BCUT2D eigenvalue weighted by Crippen LogP contribution is -2.37. The Balaban J connectivity index is 2.77. The number of primary amides is 1. The molecule has 7 nitrogen and oxygen atoms in total. The van der Waals surface area contributed by atoms with Crippen molar-refractivity contribution in [3.63, 3.8) is 0 Å². The Hall–Kier alpha value is -2.05. The van der Waals surface area contributed by atoms with Gasteiger partial charge in [0.25, 0.3) is 0 Å². The maximum Gasteiger partial charge on any atom is 0.318 e. The van der Waals surface area contributed by atoms with Crippen molar-refractivity contribution in [3.05, 3.63) is 11.4 Å². The van der Waals surface area contributed by atoms with Crippen LogP contribution in [0.15, 0.2) is 0 Å². The van der Waals surface area contributed by atoms with Crippen LogP contribution in [0, 0.1) is 13.8 Å². The Bertz CT molecular complexity index is 409. The van der Waals surface area contributed by atoms with E-state index in [1.807, 2.05) is 5.32 Å². The van der Waals surface area contributed by atoms with E-state index in [1.54, 1.807) is 13.8 Å². The summed E-state index contributed by atoms with van der Waals surface area (Å²) in [6.45, 7) is 3.41. The molecule has 0 saturated heterocycles. The van der Waals surface area contributed by atoms with Crippen molar-refractivity contribution >= 4 is 17.6 Å². The Labute approximate surface area is 86.4 Å². The first-order valence-corrected chi connectivity index (χ1v) is 4.30. The zero-order valence-electron chi connectivity index (χ0n) is 8.57. The summed E-state index contributed by atoms with van der Waals surface area (Å²) >= 11 is 0. The standard InChI is InChI=1S/C8H13N5O2/c1-4-7(9)5(2)13(12-4)3-6(14)11-8(10)15/h3,9H2,1-2H3,(H3,10,11,14,15). The average Bonchev–Trinajstić information content (AvgIpc) is 2.32. The van der Waals surface area contributed by atoms with Gasteiger partial charge in [0.15, 0.2) is 0 Å². The predicted octanol–water partition coefficient (Wildman–Crippen LogP) is -0.723. The Morgan fingerprint density at radius 1 is 1.47 bits per heavy atom. The lowest BCUT2D eigenvalue weighted by Gasteiger charge is -2.03. The van der Waals surface area contributed by atoms with Gasteiger partial charge in [-0.25, -0.2) is 4.79 Å². The van der Waals surface area contributed by atoms with Gasteiger partial charge in [-0.05, 0) is 13.8 Å². The van der Waals surface area contributed by atoms with Crippen molar-refractivity contribution in [1.29, 1.82) is 0 Å². The molecule has 0 radical (unpaired) electrons. The van der Waals surface area contributed by atoms with Crippen molar-refractivity contribution in [3.8, 4) is 0 Å². The van der Waals surface area contributed by atoms with E-state index < -0.39 is 11.9 Å². The number of carbonyl (C=O) groups excluding carboxylic acids is 2. The summed E-state index contributed by atoms with van der Waals surface area (Å²) in [5, 5.41) is 5.98. The molecule has 1 aromatic rings. The first-order valence-electron chi connectivity index (χ1n) is 4.30. The van der Waals surface area contributed by atoms with Gasteiger partial charge in [-0.1, -0.05) is 0 Å². The molecule has 3 amide bonds. The number of urea groups is 1. The molecule has 0 unspecified atom stereocenters. The summed E-state index contributed by atoms with van der Waals surface area (Å²) < 4.78 is 1.42. The van der Waals surface area contributed by atoms with Crippen molar-refractivity contribution in [2.45, 2.75) is 20.4 Å². The Morgan fingerprint density at radius 2 is 2.07 bits per heavy atom. The first kappa shape index (κ1) is 11.0. The van der Waals surface area contributed by atoms with E-state index in [2.05, 4.69) is 5.10 Å². The van der Waals surface area contributed by atoms with Crippen molar-refractivity contribution in [2.75, 3.05) is 5.73 Å². The van der Waals surface area contributed by atoms with Crippen LogP contribution in [0.4, 0.5) is 10.5 Å². The second kappa shape index (κ2) is 3.99. The lowest BCUT2D eigenvalue weighted by atomic mass is 10.3. The number of imide groups is 1. The highest BCUT2D eigenvalue weighted by Gasteiger charge is 2.11. The smallest absolute Gasteiger partial charge is 0.318 e. The molecule has 0 aliphatic carbocycles. The maximum absolute atomic E-state index is 11.2. The number of nitrogens with zero attached hydrogens (tertiary/aromatic N) is 2. The zero-order chi connectivity index (χ0) is 11.6. The second-order valence-corrected chi connectivity index (χ2v) is 3.15. The highest BCUT2D eigenvalue weighted by molar-refractivity contribution is 5.93. The molecular weight excluding hydrogens is 198 g/mol. The fourth-order valence-electron chi connectivity index (χ4n) is 1.18. The minimum atomic E-state index is -0.880. The quantitative estimate of drug-likeness (QED) is 0.598. The van der Waals surface area contributed by atoms with Gasteiger partial charge in [-0.2, -0.15) is 5.10 Å². The number of hydrogen-bond donors (Lipinski definition) is 3. The third-order valence-corrected chi connectivity index (χ3v) is 1.99. The topological polar surface area (TPSA) is 116 Å². The molecule has 15 heavy (non-hydrogen) atoms. The van der Waals surface area contributed by atoms with Gasteiger partial charge in [-0.3, -0.25) is 14.8 Å². The molecule has 5 N–H and O–H groups in total. The fraction of sp³-hybridized carbons (Fsp3) is 0.375. The van der Waals surface area contributed by atoms with Crippen LogP contribution in [0.25, 0.3) is 0 Å². The molecular formula is C8H13N5O2. The number of aromatic nitrogens is 2. The van der Waals surface area contributed by atoms with Gasteiger partial charge < -0.3 is 11.5 Å². The highest BCUT2D eigenvalue weighted by Crippen LogP contribution is 2.14. The number of nitrogen functional groups attached to an aromatic ring is 1. The summed E-state index contributed by atoms with van der Waals surface area (Å²) in [5.74, 6) is -0.520. The third kappa shape index (κ3) is 2.46. The molecule has 0 fully saturated rings. The average molecular weight is 211 g/mol. The van der Waals surface area contributed by atoms with Crippen LogP contribution < -0.4 is 16.8 Å². The van der Waals surface area contributed by atoms with Crippen LogP contribution in [0.5, 0.6) is 0 Å². The minimum Gasteiger partial charge on any atom is -0.396 e. The minimum absolute atomic E-state index is 0.0766. The van der Waals surface area contributed by atoms with Gasteiger partial charge in [-0.15, -0.1) is 0 Å². The van der Waals surface area contributed by atoms with Gasteiger partial charge in [0.05, 0.1) is 17.1 Å². The molecule has 0 saturated carbocycles. The van der Waals surface area contributed by atoms with Crippen LogP contribution in [0.1, 0.15) is 11.4 Å². The molecule has 0 aliphatic rings. The van der Waals surface area contributed by atoms with Crippen LogP contribution in [0.2, 0.25) is 0 Å². The predicted molar refractivity (Wildman–Crippen MR) is 53.8 cm³/mol. The van der Waals surface area contributed by atoms with Gasteiger partial charge in [0.2, 0.25) is 5.91 Å². The molecule has 0 spiro atoms. The number of amides is 3. The normalized spacial score (nSPS) is 10.0. The maximum atomic E-state index is 11.2. The summed E-state index contributed by atoms with van der Waals surface area (Å²) in [4.78, 5) is 21.6. The molecule has 0 atom stereocenters. The highest BCUT2D eigenvalue weighted by atomic mass is 16.2. The number of anilines is 1. The lowest BCUT2D eigenvalue weighted by molar-refractivity contribution is -0.120. The summed E-state index contributed by atoms with van der Waals surface area (Å²) in [5.41, 5.74) is 12.4. The summed E-state index contributed by atoms with van der Waals surface area (Å²) in [6.07, 6.45) is 0. The van der Waals surface area contributed by atoms with Gasteiger partial charge in [0, 0.05) is 0 Å². The molecule has 0 aliphatic heterocycles. The number of nitrogens with one attached hydrogen (secondary N) is 1. The van der Waals surface area contributed by atoms with Crippen molar-refractivity contribution in [2.24, 2.45) is 5.73 Å². The van der Waals surface area contributed by atoms with Gasteiger partial charge in [0.1, 0.15) is 6.54 Å².